The summed E-state index contributed by atoms with van der Waals surface area (Å²) in [4.78, 5) is 11.5. The van der Waals surface area contributed by atoms with Crippen molar-refractivity contribution < 1.29 is 18.0 Å². The zero-order valence-electron chi connectivity index (χ0n) is 13.1. The number of alkyl halides is 3. The van der Waals surface area contributed by atoms with Gasteiger partial charge >= 0.3 is 6.18 Å². The van der Waals surface area contributed by atoms with Gasteiger partial charge in [-0.05, 0) is 26.0 Å². The summed E-state index contributed by atoms with van der Waals surface area (Å²) in [6.45, 7) is 2.97. The predicted octanol–water partition coefficient (Wildman–Crippen LogP) is 3.12. The smallest absolute Gasteiger partial charge is 0.340 e. The number of para-hydroxylation sites is 1. The van der Waals surface area contributed by atoms with Crippen LogP contribution in [0.4, 0.5) is 13.2 Å². The van der Waals surface area contributed by atoms with E-state index in [1.807, 2.05) is 5.32 Å². The molecule has 8 heteroatoms. The molecular formula is C16H15F3N4O. The minimum absolute atomic E-state index is 0.113. The molecule has 0 saturated heterocycles. The van der Waals surface area contributed by atoms with E-state index in [9.17, 15) is 18.0 Å². The zero-order valence-corrected chi connectivity index (χ0v) is 13.1. The fourth-order valence-electron chi connectivity index (χ4n) is 2.49. The standard InChI is InChI=1S/C16H15F3N4O/c1-10-14(15(16(17,18)19)21-13(24)8-9-20)11(2)23(22-10)12-6-4-3-5-7-12/h3-7,15H,8H2,1-2H3,(H,21,24)/t15-/m0/s1. The molecule has 0 fully saturated rings. The van der Waals surface area contributed by atoms with Crippen LogP contribution in [0.15, 0.2) is 30.3 Å². The molecule has 0 aliphatic rings. The molecule has 5 nitrogen and oxygen atoms in total. The average molecular weight is 336 g/mol. The largest absolute Gasteiger partial charge is 0.413 e. The molecule has 1 heterocycles. The summed E-state index contributed by atoms with van der Waals surface area (Å²) in [6.07, 6.45) is -5.34. The number of nitrogens with one attached hydrogen (secondary N) is 1. The molecule has 126 valence electrons. The molecule has 0 bridgehead atoms. The summed E-state index contributed by atoms with van der Waals surface area (Å²) in [5.74, 6) is -0.980. The summed E-state index contributed by atoms with van der Waals surface area (Å²) in [5.41, 5.74) is 0.945. The maximum atomic E-state index is 13.4. The molecule has 1 atom stereocenters. The Morgan fingerprint density at radius 3 is 2.50 bits per heavy atom. The lowest BCUT2D eigenvalue weighted by Gasteiger charge is -2.22. The molecule has 1 aromatic heterocycles. The second kappa shape index (κ2) is 6.74. The molecule has 0 aliphatic carbocycles. The van der Waals surface area contributed by atoms with E-state index in [-0.39, 0.29) is 17.0 Å². The van der Waals surface area contributed by atoms with Gasteiger partial charge in [0.25, 0.3) is 0 Å². The van der Waals surface area contributed by atoms with Crippen LogP contribution in [0.1, 0.15) is 29.4 Å². The molecule has 24 heavy (non-hydrogen) atoms. The summed E-state index contributed by atoms with van der Waals surface area (Å²) in [5, 5.41) is 14.5. The van der Waals surface area contributed by atoms with Crippen LogP contribution in [0.2, 0.25) is 0 Å². The Bertz CT molecular complexity index is 775. The van der Waals surface area contributed by atoms with E-state index in [2.05, 4.69) is 5.10 Å². The lowest BCUT2D eigenvalue weighted by Crippen LogP contribution is -2.38. The van der Waals surface area contributed by atoms with Gasteiger partial charge in [-0.15, -0.1) is 0 Å². The first-order valence-electron chi connectivity index (χ1n) is 7.10. The Morgan fingerprint density at radius 2 is 1.96 bits per heavy atom. The first kappa shape index (κ1) is 17.5. The summed E-state index contributed by atoms with van der Waals surface area (Å²) in [7, 11) is 0. The molecule has 0 saturated carbocycles. The van der Waals surface area contributed by atoms with Crippen LogP contribution in [0.3, 0.4) is 0 Å². The minimum Gasteiger partial charge on any atom is -0.340 e. The highest BCUT2D eigenvalue weighted by Gasteiger charge is 2.44. The van der Waals surface area contributed by atoms with Gasteiger partial charge in [0.15, 0.2) is 6.04 Å². The van der Waals surface area contributed by atoms with Crippen LogP contribution < -0.4 is 5.32 Å². The number of benzene rings is 1. The number of halogens is 3. The van der Waals surface area contributed by atoms with Gasteiger partial charge in [0.2, 0.25) is 5.91 Å². The van der Waals surface area contributed by atoms with E-state index in [1.54, 1.807) is 30.3 Å². The van der Waals surface area contributed by atoms with Crippen LogP contribution in [0.5, 0.6) is 0 Å². The van der Waals surface area contributed by atoms with Crippen molar-refractivity contribution in [2.24, 2.45) is 0 Å². The molecule has 1 N–H and O–H groups in total. The van der Waals surface area contributed by atoms with Gasteiger partial charge in [-0.3, -0.25) is 4.79 Å². The van der Waals surface area contributed by atoms with Gasteiger partial charge in [0.05, 0.1) is 17.5 Å². The number of aromatic nitrogens is 2. The maximum Gasteiger partial charge on any atom is 0.413 e. The Kier molecular flexibility index (Phi) is 4.93. The molecule has 1 aromatic carbocycles. The monoisotopic (exact) mass is 336 g/mol. The van der Waals surface area contributed by atoms with Gasteiger partial charge in [-0.1, -0.05) is 18.2 Å². The van der Waals surface area contributed by atoms with E-state index < -0.39 is 24.5 Å². The van der Waals surface area contributed by atoms with Crippen LogP contribution >= 0.6 is 0 Å². The van der Waals surface area contributed by atoms with Gasteiger partial charge < -0.3 is 5.32 Å². The SMILES string of the molecule is Cc1nn(-c2ccccc2)c(C)c1[C@H](NC(=O)CC#N)C(F)(F)F. The fourth-order valence-corrected chi connectivity index (χ4v) is 2.49. The highest BCUT2D eigenvalue weighted by Crippen LogP contribution is 2.36. The summed E-state index contributed by atoms with van der Waals surface area (Å²) in [6, 6.07) is 8.06. The molecular weight excluding hydrogens is 321 g/mol. The van der Waals surface area contributed by atoms with E-state index in [0.29, 0.717) is 5.69 Å². The van der Waals surface area contributed by atoms with Gasteiger partial charge in [-0.2, -0.15) is 23.5 Å². The lowest BCUT2D eigenvalue weighted by atomic mass is 10.0. The second-order valence-electron chi connectivity index (χ2n) is 5.21. The van der Waals surface area contributed by atoms with Crippen molar-refractivity contribution in [1.29, 1.82) is 5.26 Å². The molecule has 0 radical (unpaired) electrons. The van der Waals surface area contributed by atoms with Gasteiger partial charge in [-0.25, -0.2) is 4.68 Å². The van der Waals surface area contributed by atoms with Crippen molar-refractivity contribution >= 4 is 5.91 Å². The molecule has 0 aliphatic heterocycles. The maximum absolute atomic E-state index is 13.4. The number of rotatable bonds is 4. The number of nitrogens with zero attached hydrogens (tertiary/aromatic N) is 3. The Balaban J connectivity index is 2.50. The van der Waals surface area contributed by atoms with Crippen LogP contribution in [0, 0.1) is 25.2 Å². The highest BCUT2D eigenvalue weighted by molar-refractivity contribution is 5.78. The number of hydrogen-bond donors (Lipinski definition) is 1. The predicted molar refractivity (Wildman–Crippen MR) is 80.2 cm³/mol. The topological polar surface area (TPSA) is 70.7 Å². The number of carbonyl (C=O) groups excluding carboxylic acids is 1. The normalized spacial score (nSPS) is 12.5. The number of nitriles is 1. The number of hydrogen-bond acceptors (Lipinski definition) is 3. The molecule has 2 rings (SSSR count). The van der Waals surface area contributed by atoms with Crippen molar-refractivity contribution in [3.05, 3.63) is 47.3 Å². The zero-order chi connectivity index (χ0) is 17.9. The highest BCUT2D eigenvalue weighted by atomic mass is 19.4. The Labute approximate surface area is 136 Å². The van der Waals surface area contributed by atoms with Crippen molar-refractivity contribution in [2.45, 2.75) is 32.5 Å². The summed E-state index contributed by atoms with van der Waals surface area (Å²) < 4.78 is 41.7. The Morgan fingerprint density at radius 1 is 1.33 bits per heavy atom. The van der Waals surface area contributed by atoms with E-state index in [1.165, 1.54) is 24.6 Å². The quantitative estimate of drug-likeness (QED) is 0.932. The first-order chi connectivity index (χ1) is 11.3. The Hall–Kier alpha value is -2.82. The third-order valence-electron chi connectivity index (χ3n) is 3.51. The first-order valence-corrected chi connectivity index (χ1v) is 7.10. The number of carbonyl (C=O) groups is 1. The lowest BCUT2D eigenvalue weighted by molar-refractivity contribution is -0.163. The van der Waals surface area contributed by atoms with Crippen LogP contribution in [-0.4, -0.2) is 21.9 Å². The van der Waals surface area contributed by atoms with Gasteiger partial charge in [0, 0.05) is 11.3 Å². The van der Waals surface area contributed by atoms with Crippen molar-refractivity contribution in [3.8, 4) is 11.8 Å². The summed E-state index contributed by atoms with van der Waals surface area (Å²) >= 11 is 0. The minimum atomic E-state index is -4.70. The molecule has 0 spiro atoms. The van der Waals surface area contributed by atoms with Crippen LogP contribution in [-0.2, 0) is 4.79 Å². The van der Waals surface area contributed by atoms with Crippen molar-refractivity contribution in [2.75, 3.05) is 0 Å². The number of amides is 1. The van der Waals surface area contributed by atoms with Crippen molar-refractivity contribution in [1.82, 2.24) is 15.1 Å². The molecule has 2 aromatic rings. The van der Waals surface area contributed by atoms with E-state index in [0.717, 1.165) is 0 Å². The van der Waals surface area contributed by atoms with E-state index in [4.69, 9.17) is 5.26 Å². The average Bonchev–Trinajstić information content (AvgIpc) is 2.80. The second-order valence-corrected chi connectivity index (χ2v) is 5.21. The molecule has 1 amide bonds. The van der Waals surface area contributed by atoms with E-state index >= 15 is 0 Å². The van der Waals surface area contributed by atoms with Crippen LogP contribution in [0.25, 0.3) is 5.69 Å². The van der Waals surface area contributed by atoms with Gasteiger partial charge in [0.1, 0.15) is 6.42 Å². The fraction of sp³-hybridized carbons (Fsp3) is 0.312. The third-order valence-corrected chi connectivity index (χ3v) is 3.51. The van der Waals surface area contributed by atoms with Crippen molar-refractivity contribution in [3.63, 3.8) is 0 Å². The third kappa shape index (κ3) is 3.56. The number of aryl methyl sites for hydroxylation is 1. The molecule has 0 unspecified atom stereocenters.